The minimum absolute atomic E-state index is 0.231. The Morgan fingerprint density at radius 2 is 1.90 bits per heavy atom. The summed E-state index contributed by atoms with van der Waals surface area (Å²) in [5.74, 6) is -0.846. The fraction of sp³-hybridized carbons (Fsp3) is 0.667. The van der Waals surface area contributed by atoms with Crippen molar-refractivity contribution in [3.63, 3.8) is 0 Å². The molecule has 3 nitrogen and oxygen atoms in total. The van der Waals surface area contributed by atoms with Gasteiger partial charge in [0, 0.05) is 11.1 Å². The standard InChI is InChI=1S/C18H25NO2/c1-17(2,3)15-13(16(20)21)10-12-11-18(7-4-5-8-18)9-6-14(12)19-15/h10H,4-9,11H2,1-3H3,(H,20,21). The van der Waals surface area contributed by atoms with E-state index in [1.807, 2.05) is 26.8 Å². The van der Waals surface area contributed by atoms with Crippen molar-refractivity contribution in [1.82, 2.24) is 4.98 Å². The van der Waals surface area contributed by atoms with Crippen LogP contribution in [0.1, 0.15) is 80.2 Å². The van der Waals surface area contributed by atoms with Crippen LogP contribution < -0.4 is 0 Å². The molecule has 0 aromatic carbocycles. The summed E-state index contributed by atoms with van der Waals surface area (Å²) in [7, 11) is 0. The number of pyridine rings is 1. The molecule has 3 heteroatoms. The maximum Gasteiger partial charge on any atom is 0.337 e. The van der Waals surface area contributed by atoms with Crippen LogP contribution in [0.15, 0.2) is 6.07 Å². The van der Waals surface area contributed by atoms with Crippen LogP contribution in [0, 0.1) is 5.41 Å². The molecule has 0 amide bonds. The number of carboxylic acid groups (broad SMARTS) is 1. The molecular weight excluding hydrogens is 262 g/mol. The van der Waals surface area contributed by atoms with E-state index in [-0.39, 0.29) is 5.41 Å². The normalized spacial score (nSPS) is 20.5. The van der Waals surface area contributed by atoms with Crippen molar-refractivity contribution >= 4 is 5.97 Å². The van der Waals surface area contributed by atoms with Crippen LogP contribution in [0.4, 0.5) is 0 Å². The molecule has 1 N–H and O–H groups in total. The second kappa shape index (κ2) is 4.82. The van der Waals surface area contributed by atoms with E-state index in [1.54, 1.807) is 0 Å². The Hall–Kier alpha value is -1.38. The van der Waals surface area contributed by atoms with E-state index in [9.17, 15) is 9.90 Å². The third kappa shape index (κ3) is 2.58. The molecule has 1 aromatic heterocycles. The van der Waals surface area contributed by atoms with Gasteiger partial charge < -0.3 is 5.11 Å². The topological polar surface area (TPSA) is 50.2 Å². The first-order chi connectivity index (χ1) is 9.81. The second-order valence-corrected chi connectivity index (χ2v) is 7.93. The summed E-state index contributed by atoms with van der Waals surface area (Å²) in [4.78, 5) is 16.4. The lowest BCUT2D eigenvalue weighted by molar-refractivity contribution is 0.0693. The Balaban J connectivity index is 2.05. The number of carbonyl (C=O) groups is 1. The number of aromatic carboxylic acids is 1. The summed E-state index contributed by atoms with van der Waals surface area (Å²) in [6.45, 7) is 6.11. The van der Waals surface area contributed by atoms with E-state index in [0.29, 0.717) is 11.0 Å². The number of hydrogen-bond donors (Lipinski definition) is 1. The van der Waals surface area contributed by atoms with E-state index < -0.39 is 5.97 Å². The van der Waals surface area contributed by atoms with Gasteiger partial charge >= 0.3 is 5.97 Å². The first-order valence-electron chi connectivity index (χ1n) is 8.07. The Bertz CT molecular complexity index is 578. The van der Waals surface area contributed by atoms with E-state index in [2.05, 4.69) is 0 Å². The third-order valence-corrected chi connectivity index (χ3v) is 5.25. The highest BCUT2D eigenvalue weighted by Gasteiger charge is 2.38. The number of aryl methyl sites for hydroxylation is 1. The zero-order valence-electron chi connectivity index (χ0n) is 13.3. The van der Waals surface area contributed by atoms with E-state index in [1.165, 1.54) is 37.7 Å². The summed E-state index contributed by atoms with van der Waals surface area (Å²) < 4.78 is 0. The monoisotopic (exact) mass is 287 g/mol. The van der Waals surface area contributed by atoms with Crippen molar-refractivity contribution in [2.45, 2.75) is 71.1 Å². The number of hydrogen-bond acceptors (Lipinski definition) is 2. The SMILES string of the molecule is CC(C)(C)c1nc2c(cc1C(=O)O)CC1(CCCC1)CC2. The van der Waals surface area contributed by atoms with Crippen molar-refractivity contribution < 1.29 is 9.90 Å². The summed E-state index contributed by atoms with van der Waals surface area (Å²) in [6, 6.07) is 1.92. The smallest absolute Gasteiger partial charge is 0.337 e. The maximum absolute atomic E-state index is 11.6. The molecule has 1 spiro atoms. The first-order valence-corrected chi connectivity index (χ1v) is 8.07. The van der Waals surface area contributed by atoms with Crippen LogP contribution in [-0.4, -0.2) is 16.1 Å². The molecule has 1 saturated carbocycles. The molecule has 0 aliphatic heterocycles. The number of aromatic nitrogens is 1. The van der Waals surface area contributed by atoms with E-state index >= 15 is 0 Å². The summed E-state index contributed by atoms with van der Waals surface area (Å²) in [5, 5.41) is 9.55. The van der Waals surface area contributed by atoms with Crippen LogP contribution in [-0.2, 0) is 18.3 Å². The molecular formula is C18H25NO2. The Labute approximate surface area is 126 Å². The molecule has 0 unspecified atom stereocenters. The van der Waals surface area contributed by atoms with Gasteiger partial charge in [-0.05, 0) is 49.1 Å². The molecule has 0 atom stereocenters. The average Bonchev–Trinajstić information content (AvgIpc) is 2.84. The minimum atomic E-state index is -0.846. The molecule has 3 rings (SSSR count). The highest BCUT2D eigenvalue weighted by molar-refractivity contribution is 5.89. The molecule has 0 radical (unpaired) electrons. The van der Waals surface area contributed by atoms with Gasteiger partial charge in [0.1, 0.15) is 0 Å². The summed E-state index contributed by atoms with van der Waals surface area (Å²) >= 11 is 0. The van der Waals surface area contributed by atoms with Gasteiger partial charge in [0.2, 0.25) is 0 Å². The van der Waals surface area contributed by atoms with Gasteiger partial charge in [-0.15, -0.1) is 0 Å². The summed E-state index contributed by atoms with van der Waals surface area (Å²) in [5.41, 5.74) is 3.67. The number of fused-ring (bicyclic) bond motifs is 1. The highest BCUT2D eigenvalue weighted by Crippen LogP contribution is 2.47. The molecule has 2 aliphatic carbocycles. The minimum Gasteiger partial charge on any atom is -0.478 e. The van der Waals surface area contributed by atoms with Gasteiger partial charge in [0.25, 0.3) is 0 Å². The lowest BCUT2D eigenvalue weighted by Crippen LogP contribution is -2.29. The molecule has 1 fully saturated rings. The molecule has 114 valence electrons. The van der Waals surface area contributed by atoms with Crippen molar-refractivity contribution in [1.29, 1.82) is 0 Å². The van der Waals surface area contributed by atoms with Gasteiger partial charge in [-0.1, -0.05) is 33.6 Å². The molecule has 1 heterocycles. The van der Waals surface area contributed by atoms with Gasteiger partial charge in [-0.2, -0.15) is 0 Å². The second-order valence-electron chi connectivity index (χ2n) is 7.93. The molecule has 1 aromatic rings. The fourth-order valence-electron chi connectivity index (χ4n) is 4.12. The van der Waals surface area contributed by atoms with Crippen molar-refractivity contribution in [2.75, 3.05) is 0 Å². The number of rotatable bonds is 1. The first kappa shape index (κ1) is 14.6. The van der Waals surface area contributed by atoms with Gasteiger partial charge in [0.05, 0.1) is 11.3 Å². The Kier molecular flexibility index (Phi) is 3.34. The lowest BCUT2D eigenvalue weighted by Gasteiger charge is -2.35. The number of carboxylic acids is 1. The van der Waals surface area contributed by atoms with Crippen molar-refractivity contribution in [3.05, 3.63) is 28.6 Å². The zero-order valence-corrected chi connectivity index (χ0v) is 13.3. The van der Waals surface area contributed by atoms with Crippen LogP contribution in [0.25, 0.3) is 0 Å². The van der Waals surface area contributed by atoms with Gasteiger partial charge in [0.15, 0.2) is 0 Å². The van der Waals surface area contributed by atoms with Crippen LogP contribution >= 0.6 is 0 Å². The Morgan fingerprint density at radius 1 is 1.24 bits per heavy atom. The Morgan fingerprint density at radius 3 is 2.48 bits per heavy atom. The summed E-state index contributed by atoms with van der Waals surface area (Å²) in [6.07, 6.45) is 8.52. The third-order valence-electron chi connectivity index (χ3n) is 5.25. The average molecular weight is 287 g/mol. The zero-order chi connectivity index (χ0) is 15.3. The van der Waals surface area contributed by atoms with E-state index in [4.69, 9.17) is 4.98 Å². The van der Waals surface area contributed by atoms with Crippen LogP contribution in [0.5, 0.6) is 0 Å². The highest BCUT2D eigenvalue weighted by atomic mass is 16.4. The van der Waals surface area contributed by atoms with Crippen LogP contribution in [0.3, 0.4) is 0 Å². The fourth-order valence-corrected chi connectivity index (χ4v) is 4.12. The molecule has 0 saturated heterocycles. The molecule has 21 heavy (non-hydrogen) atoms. The predicted octanol–water partition coefficient (Wildman–Crippen LogP) is 4.13. The van der Waals surface area contributed by atoms with Crippen molar-refractivity contribution in [3.8, 4) is 0 Å². The molecule has 2 aliphatic rings. The van der Waals surface area contributed by atoms with Crippen molar-refractivity contribution in [2.24, 2.45) is 5.41 Å². The van der Waals surface area contributed by atoms with Crippen LogP contribution in [0.2, 0.25) is 0 Å². The largest absolute Gasteiger partial charge is 0.478 e. The van der Waals surface area contributed by atoms with E-state index in [0.717, 1.165) is 24.2 Å². The number of nitrogens with zero attached hydrogens (tertiary/aromatic N) is 1. The quantitative estimate of drug-likeness (QED) is 0.845. The lowest BCUT2D eigenvalue weighted by atomic mass is 9.71. The van der Waals surface area contributed by atoms with Gasteiger partial charge in [-0.3, -0.25) is 4.98 Å². The van der Waals surface area contributed by atoms with Gasteiger partial charge in [-0.25, -0.2) is 4.79 Å². The molecule has 0 bridgehead atoms. The predicted molar refractivity (Wildman–Crippen MR) is 82.8 cm³/mol. The maximum atomic E-state index is 11.6.